The van der Waals surface area contributed by atoms with Gasteiger partial charge in [0.05, 0.1) is 22.2 Å². The van der Waals surface area contributed by atoms with Crippen LogP contribution in [0, 0.1) is 0 Å². The maximum absolute atomic E-state index is 12.3. The van der Waals surface area contributed by atoms with Gasteiger partial charge in [-0.2, -0.15) is 0 Å². The molecule has 0 aliphatic carbocycles. The fraction of sp³-hybridized carbons (Fsp3) is 0.176. The standard InChI is InChI=1S/C17H15Cl2NO4/c1-2-23-15(21)10-24-12-6-3-5-11(9-12)20-17(22)13-7-4-8-14(18)16(13)19/h3-9H,2,10H2,1H3,(H,20,22). The SMILES string of the molecule is CCOC(=O)COc1cccc(NC(=O)c2cccc(Cl)c2Cl)c1. The first kappa shape index (κ1) is 18.1. The summed E-state index contributed by atoms with van der Waals surface area (Å²) in [7, 11) is 0. The number of esters is 1. The summed E-state index contributed by atoms with van der Waals surface area (Å²) in [6.45, 7) is 1.80. The maximum atomic E-state index is 12.3. The van der Waals surface area contributed by atoms with E-state index in [1.165, 1.54) is 0 Å². The average molecular weight is 368 g/mol. The highest BCUT2D eigenvalue weighted by atomic mass is 35.5. The van der Waals surface area contributed by atoms with Gasteiger partial charge in [0.1, 0.15) is 5.75 Å². The molecule has 2 aromatic carbocycles. The third-order valence-corrected chi connectivity index (χ3v) is 3.77. The number of halogens is 2. The van der Waals surface area contributed by atoms with Gasteiger partial charge in [0.2, 0.25) is 0 Å². The van der Waals surface area contributed by atoms with Crippen LogP contribution < -0.4 is 10.1 Å². The van der Waals surface area contributed by atoms with Gasteiger partial charge in [-0.15, -0.1) is 0 Å². The summed E-state index contributed by atoms with van der Waals surface area (Å²) in [6, 6.07) is 11.5. The van der Waals surface area contributed by atoms with E-state index in [9.17, 15) is 9.59 Å². The number of hydrogen-bond donors (Lipinski definition) is 1. The van der Waals surface area contributed by atoms with Gasteiger partial charge in [-0.05, 0) is 31.2 Å². The van der Waals surface area contributed by atoms with Crippen LogP contribution in [0.2, 0.25) is 10.0 Å². The Morgan fingerprint density at radius 3 is 2.62 bits per heavy atom. The highest BCUT2D eigenvalue weighted by molar-refractivity contribution is 6.44. The summed E-state index contributed by atoms with van der Waals surface area (Å²) in [5, 5.41) is 3.19. The first-order chi connectivity index (χ1) is 11.5. The van der Waals surface area contributed by atoms with E-state index in [-0.39, 0.29) is 17.2 Å². The summed E-state index contributed by atoms with van der Waals surface area (Å²) >= 11 is 11.9. The topological polar surface area (TPSA) is 64.6 Å². The van der Waals surface area contributed by atoms with Gasteiger partial charge < -0.3 is 14.8 Å². The minimum absolute atomic E-state index is 0.186. The molecule has 0 aromatic heterocycles. The van der Waals surface area contributed by atoms with E-state index in [1.807, 2.05) is 0 Å². The molecule has 0 radical (unpaired) electrons. The van der Waals surface area contributed by atoms with E-state index >= 15 is 0 Å². The second-order valence-corrected chi connectivity index (χ2v) is 5.46. The van der Waals surface area contributed by atoms with Crippen LogP contribution in [0.15, 0.2) is 42.5 Å². The van der Waals surface area contributed by atoms with Crippen LogP contribution in [-0.4, -0.2) is 25.1 Å². The monoisotopic (exact) mass is 367 g/mol. The normalized spacial score (nSPS) is 10.1. The Balaban J connectivity index is 2.05. The number of anilines is 1. The number of benzene rings is 2. The molecule has 7 heteroatoms. The van der Waals surface area contributed by atoms with Crippen molar-refractivity contribution in [1.29, 1.82) is 0 Å². The van der Waals surface area contributed by atoms with Crippen LogP contribution in [0.3, 0.4) is 0 Å². The number of rotatable bonds is 6. The van der Waals surface area contributed by atoms with Gasteiger partial charge in [0.25, 0.3) is 5.91 Å². The molecule has 1 N–H and O–H groups in total. The molecule has 0 aliphatic rings. The van der Waals surface area contributed by atoms with Crippen LogP contribution >= 0.6 is 23.2 Å². The fourth-order valence-corrected chi connectivity index (χ4v) is 2.27. The van der Waals surface area contributed by atoms with Crippen LogP contribution in [0.5, 0.6) is 5.75 Å². The van der Waals surface area contributed by atoms with E-state index in [0.717, 1.165) is 0 Å². The lowest BCUT2D eigenvalue weighted by atomic mass is 10.2. The Bertz CT molecular complexity index is 749. The predicted molar refractivity (Wildman–Crippen MR) is 93.0 cm³/mol. The van der Waals surface area contributed by atoms with Crippen molar-refractivity contribution >= 4 is 40.8 Å². The molecule has 0 atom stereocenters. The largest absolute Gasteiger partial charge is 0.482 e. The summed E-state index contributed by atoms with van der Waals surface area (Å²) in [5.74, 6) is -0.430. The Hall–Kier alpha value is -2.24. The first-order valence-electron chi connectivity index (χ1n) is 7.15. The quantitative estimate of drug-likeness (QED) is 0.777. The van der Waals surface area contributed by atoms with Crippen molar-refractivity contribution in [3.8, 4) is 5.75 Å². The van der Waals surface area contributed by atoms with E-state index in [2.05, 4.69) is 5.32 Å². The summed E-state index contributed by atoms with van der Waals surface area (Å²) < 4.78 is 10.1. The number of hydrogen-bond acceptors (Lipinski definition) is 4. The lowest BCUT2D eigenvalue weighted by Gasteiger charge is -2.10. The third-order valence-electron chi connectivity index (χ3n) is 2.95. The maximum Gasteiger partial charge on any atom is 0.344 e. The van der Waals surface area contributed by atoms with E-state index < -0.39 is 11.9 Å². The molecule has 2 aromatic rings. The lowest BCUT2D eigenvalue weighted by molar-refractivity contribution is -0.145. The molecule has 24 heavy (non-hydrogen) atoms. The molecule has 0 bridgehead atoms. The van der Waals surface area contributed by atoms with Crippen LogP contribution in [0.1, 0.15) is 17.3 Å². The van der Waals surface area contributed by atoms with Gasteiger partial charge in [-0.1, -0.05) is 35.3 Å². The van der Waals surface area contributed by atoms with Crippen LogP contribution in [0.4, 0.5) is 5.69 Å². The second-order valence-electron chi connectivity index (χ2n) is 4.68. The van der Waals surface area contributed by atoms with Crippen molar-refractivity contribution in [2.24, 2.45) is 0 Å². The highest BCUT2D eigenvalue weighted by Crippen LogP contribution is 2.26. The molecular weight excluding hydrogens is 353 g/mol. The zero-order valence-electron chi connectivity index (χ0n) is 12.8. The molecule has 0 saturated heterocycles. The van der Waals surface area contributed by atoms with Crippen LogP contribution in [0.25, 0.3) is 0 Å². The zero-order valence-corrected chi connectivity index (χ0v) is 14.4. The summed E-state index contributed by atoms with van der Waals surface area (Å²) in [6.07, 6.45) is 0. The number of amides is 1. The Morgan fingerprint density at radius 1 is 1.12 bits per heavy atom. The average Bonchev–Trinajstić information content (AvgIpc) is 2.56. The molecule has 126 valence electrons. The van der Waals surface area contributed by atoms with Crippen molar-refractivity contribution in [2.75, 3.05) is 18.5 Å². The minimum Gasteiger partial charge on any atom is -0.482 e. The van der Waals surface area contributed by atoms with Crippen molar-refractivity contribution < 1.29 is 19.1 Å². The highest BCUT2D eigenvalue weighted by Gasteiger charge is 2.13. The third kappa shape index (κ3) is 4.88. The van der Waals surface area contributed by atoms with Crippen molar-refractivity contribution in [2.45, 2.75) is 6.92 Å². The zero-order chi connectivity index (χ0) is 17.5. The molecule has 0 unspecified atom stereocenters. The molecule has 5 nitrogen and oxygen atoms in total. The van der Waals surface area contributed by atoms with Gasteiger partial charge in [-0.3, -0.25) is 4.79 Å². The number of nitrogens with one attached hydrogen (secondary N) is 1. The van der Waals surface area contributed by atoms with E-state index in [0.29, 0.717) is 23.1 Å². The van der Waals surface area contributed by atoms with Crippen molar-refractivity contribution in [3.05, 3.63) is 58.1 Å². The number of carbonyl (C=O) groups excluding carboxylic acids is 2. The molecule has 0 heterocycles. The Kier molecular flexibility index (Phi) is 6.46. The van der Waals surface area contributed by atoms with Gasteiger partial charge in [-0.25, -0.2) is 4.79 Å². The molecule has 0 saturated carbocycles. The molecule has 0 fully saturated rings. The van der Waals surface area contributed by atoms with Crippen molar-refractivity contribution in [1.82, 2.24) is 0 Å². The molecule has 0 aliphatic heterocycles. The minimum atomic E-state index is -0.461. The fourth-order valence-electron chi connectivity index (χ4n) is 1.89. The van der Waals surface area contributed by atoms with E-state index in [4.69, 9.17) is 32.7 Å². The summed E-state index contributed by atoms with van der Waals surface area (Å²) in [4.78, 5) is 23.6. The van der Waals surface area contributed by atoms with Gasteiger partial charge >= 0.3 is 5.97 Å². The Morgan fingerprint density at radius 2 is 1.88 bits per heavy atom. The molecule has 0 spiro atoms. The first-order valence-corrected chi connectivity index (χ1v) is 7.90. The van der Waals surface area contributed by atoms with Crippen molar-refractivity contribution in [3.63, 3.8) is 0 Å². The van der Waals surface area contributed by atoms with Gasteiger partial charge in [0, 0.05) is 11.8 Å². The smallest absolute Gasteiger partial charge is 0.344 e. The number of carbonyl (C=O) groups is 2. The summed E-state index contributed by atoms with van der Waals surface area (Å²) in [5.41, 5.74) is 0.763. The predicted octanol–water partition coefficient (Wildman–Crippen LogP) is 4.19. The molecule has 1 amide bonds. The van der Waals surface area contributed by atoms with Gasteiger partial charge in [0.15, 0.2) is 6.61 Å². The second kappa shape index (κ2) is 8.57. The van der Waals surface area contributed by atoms with E-state index in [1.54, 1.807) is 49.4 Å². The number of ether oxygens (including phenoxy) is 2. The molecule has 2 rings (SSSR count). The Labute approximate surface area is 149 Å². The molecular formula is C17H15Cl2NO4. The van der Waals surface area contributed by atoms with Crippen LogP contribution in [-0.2, 0) is 9.53 Å². The lowest BCUT2D eigenvalue weighted by Crippen LogP contribution is -2.15.